The van der Waals surface area contributed by atoms with E-state index in [1.54, 1.807) is 6.92 Å². The van der Waals surface area contributed by atoms with Gasteiger partial charge in [-0.15, -0.1) is 0 Å². The lowest BCUT2D eigenvalue weighted by atomic mass is 10.0. The summed E-state index contributed by atoms with van der Waals surface area (Å²) in [6, 6.07) is 28.5. The van der Waals surface area contributed by atoms with Crippen molar-refractivity contribution in [2.24, 2.45) is 0 Å². The molecular weight excluding hydrogens is 486 g/mol. The molecule has 0 bridgehead atoms. The van der Waals surface area contributed by atoms with Gasteiger partial charge < -0.3 is 14.8 Å². The van der Waals surface area contributed by atoms with E-state index in [9.17, 15) is 9.59 Å². The van der Waals surface area contributed by atoms with Gasteiger partial charge in [-0.25, -0.2) is 0 Å². The first-order chi connectivity index (χ1) is 19.1. The van der Waals surface area contributed by atoms with Crippen LogP contribution in [0.5, 0.6) is 5.75 Å². The highest BCUT2D eigenvalue weighted by Crippen LogP contribution is 2.17. The predicted octanol–water partition coefficient (Wildman–Crippen LogP) is 7.22. The first-order valence-electron chi connectivity index (χ1n) is 14.4. The number of hydrogen-bond donors (Lipinski definition) is 1. The molecule has 0 heterocycles. The maximum atomic E-state index is 12.7. The van der Waals surface area contributed by atoms with Gasteiger partial charge in [0.2, 0.25) is 5.91 Å². The first kappa shape index (κ1) is 29.9. The fourth-order valence-corrected chi connectivity index (χ4v) is 4.59. The number of hydrogen-bond acceptors (Lipinski definition) is 4. The number of esters is 1. The van der Waals surface area contributed by atoms with E-state index in [-0.39, 0.29) is 17.9 Å². The minimum atomic E-state index is -0.225. The molecule has 39 heavy (non-hydrogen) atoms. The lowest BCUT2D eigenvalue weighted by molar-refractivity contribution is -0.143. The molecule has 0 aliphatic heterocycles. The molecule has 0 unspecified atom stereocenters. The van der Waals surface area contributed by atoms with Gasteiger partial charge in [0, 0.05) is 18.9 Å². The van der Waals surface area contributed by atoms with Crippen molar-refractivity contribution in [2.75, 3.05) is 6.61 Å². The standard InChI is InChI=1S/C34H43NO4/c1-2-38-34(37)25-22-31(26-29-20-23-32(24-21-29)39-27-30-17-11-7-12-18-30)35-33(36)19-13-5-3-4-8-14-28-15-9-6-10-16-28/h6-7,9-12,15-18,20-21,23-24,31H,2-5,8,13-14,19,22,25-27H2,1H3,(H,35,36)/t31-/m0/s1. The van der Waals surface area contributed by atoms with Gasteiger partial charge in [0.05, 0.1) is 6.61 Å². The van der Waals surface area contributed by atoms with Crippen LogP contribution in [0.1, 0.15) is 75.0 Å². The van der Waals surface area contributed by atoms with Gasteiger partial charge in [-0.2, -0.15) is 0 Å². The Morgan fingerprint density at radius 3 is 2.05 bits per heavy atom. The fourth-order valence-electron chi connectivity index (χ4n) is 4.59. The molecule has 3 rings (SSSR count). The highest BCUT2D eigenvalue weighted by atomic mass is 16.5. The molecular formula is C34H43NO4. The van der Waals surface area contributed by atoms with Crippen LogP contribution < -0.4 is 10.1 Å². The number of ether oxygens (including phenoxy) is 2. The van der Waals surface area contributed by atoms with E-state index in [0.29, 0.717) is 38.9 Å². The highest BCUT2D eigenvalue weighted by molar-refractivity contribution is 5.76. The minimum Gasteiger partial charge on any atom is -0.489 e. The molecule has 0 saturated carbocycles. The Kier molecular flexibility index (Phi) is 13.7. The molecule has 0 aliphatic rings. The van der Waals surface area contributed by atoms with Crippen LogP contribution in [0, 0.1) is 0 Å². The molecule has 1 amide bonds. The van der Waals surface area contributed by atoms with Gasteiger partial charge in [0.1, 0.15) is 12.4 Å². The van der Waals surface area contributed by atoms with Crippen molar-refractivity contribution in [3.05, 3.63) is 102 Å². The Hall–Kier alpha value is -3.60. The van der Waals surface area contributed by atoms with Crippen LogP contribution in [0.15, 0.2) is 84.9 Å². The summed E-state index contributed by atoms with van der Waals surface area (Å²) < 4.78 is 11.0. The predicted molar refractivity (Wildman–Crippen MR) is 157 cm³/mol. The van der Waals surface area contributed by atoms with Crippen molar-refractivity contribution in [3.8, 4) is 5.75 Å². The minimum absolute atomic E-state index is 0.0518. The molecule has 1 N–H and O–H groups in total. The number of carbonyl (C=O) groups is 2. The van der Waals surface area contributed by atoms with Gasteiger partial charge in [-0.05, 0) is 67.9 Å². The van der Waals surface area contributed by atoms with Crippen LogP contribution in [-0.4, -0.2) is 24.5 Å². The Morgan fingerprint density at radius 2 is 1.36 bits per heavy atom. The molecule has 0 fully saturated rings. The topological polar surface area (TPSA) is 64.6 Å². The molecule has 0 aromatic heterocycles. The molecule has 5 heteroatoms. The van der Waals surface area contributed by atoms with E-state index >= 15 is 0 Å². The zero-order chi connectivity index (χ0) is 27.5. The fraction of sp³-hybridized carbons (Fsp3) is 0.412. The van der Waals surface area contributed by atoms with Crippen molar-refractivity contribution in [3.63, 3.8) is 0 Å². The summed E-state index contributed by atoms with van der Waals surface area (Å²) in [4.78, 5) is 24.7. The number of rotatable bonds is 18. The van der Waals surface area contributed by atoms with Crippen molar-refractivity contribution in [2.45, 2.75) is 83.8 Å². The molecule has 1 atom stereocenters. The zero-order valence-electron chi connectivity index (χ0n) is 23.3. The summed E-state index contributed by atoms with van der Waals surface area (Å²) in [6.07, 6.45) is 8.58. The number of amides is 1. The summed E-state index contributed by atoms with van der Waals surface area (Å²) >= 11 is 0. The average Bonchev–Trinajstić information content (AvgIpc) is 2.96. The quantitative estimate of drug-likeness (QED) is 0.140. The molecule has 0 spiro atoms. The van der Waals surface area contributed by atoms with Gasteiger partial charge in [0.15, 0.2) is 0 Å². The Balaban J connectivity index is 1.40. The van der Waals surface area contributed by atoms with Crippen LogP contribution >= 0.6 is 0 Å². The summed E-state index contributed by atoms with van der Waals surface area (Å²) in [5.41, 5.74) is 3.60. The van der Waals surface area contributed by atoms with E-state index in [1.807, 2.05) is 54.6 Å². The average molecular weight is 530 g/mol. The Bertz CT molecular complexity index is 1080. The number of benzene rings is 3. The van der Waals surface area contributed by atoms with Crippen LogP contribution in [-0.2, 0) is 33.8 Å². The summed E-state index contributed by atoms with van der Waals surface area (Å²) in [5.74, 6) is 0.631. The zero-order valence-corrected chi connectivity index (χ0v) is 23.3. The van der Waals surface area contributed by atoms with Gasteiger partial charge >= 0.3 is 5.97 Å². The van der Waals surface area contributed by atoms with Gasteiger partial charge in [0.25, 0.3) is 0 Å². The third kappa shape index (κ3) is 12.7. The van der Waals surface area contributed by atoms with E-state index in [2.05, 4.69) is 35.6 Å². The third-order valence-corrected chi connectivity index (χ3v) is 6.73. The normalized spacial score (nSPS) is 11.5. The van der Waals surface area contributed by atoms with Gasteiger partial charge in [-0.1, -0.05) is 92.1 Å². The monoisotopic (exact) mass is 529 g/mol. The maximum absolute atomic E-state index is 12.7. The number of aryl methyl sites for hydroxylation is 1. The van der Waals surface area contributed by atoms with Crippen molar-refractivity contribution in [1.29, 1.82) is 0 Å². The van der Waals surface area contributed by atoms with E-state index < -0.39 is 0 Å². The lowest BCUT2D eigenvalue weighted by Gasteiger charge is -2.19. The molecule has 5 nitrogen and oxygen atoms in total. The molecule has 0 saturated heterocycles. The number of unbranched alkanes of at least 4 members (excludes halogenated alkanes) is 4. The first-order valence-corrected chi connectivity index (χ1v) is 14.4. The van der Waals surface area contributed by atoms with Crippen LogP contribution in [0.2, 0.25) is 0 Å². The second-order valence-corrected chi connectivity index (χ2v) is 9.98. The van der Waals surface area contributed by atoms with Crippen molar-refractivity contribution < 1.29 is 19.1 Å². The van der Waals surface area contributed by atoms with Crippen LogP contribution in [0.3, 0.4) is 0 Å². The molecule has 208 valence electrons. The molecule has 3 aromatic carbocycles. The summed E-state index contributed by atoms with van der Waals surface area (Å²) in [7, 11) is 0. The lowest BCUT2D eigenvalue weighted by Crippen LogP contribution is -2.36. The van der Waals surface area contributed by atoms with E-state index in [0.717, 1.165) is 42.6 Å². The maximum Gasteiger partial charge on any atom is 0.305 e. The Morgan fingerprint density at radius 1 is 0.718 bits per heavy atom. The van der Waals surface area contributed by atoms with Crippen LogP contribution in [0.4, 0.5) is 0 Å². The van der Waals surface area contributed by atoms with E-state index in [4.69, 9.17) is 9.47 Å². The molecule has 3 aromatic rings. The second kappa shape index (κ2) is 17.8. The SMILES string of the molecule is CCOC(=O)CC[C@@H](Cc1ccc(OCc2ccccc2)cc1)NC(=O)CCCCCCCc1ccccc1. The summed E-state index contributed by atoms with van der Waals surface area (Å²) in [6.45, 7) is 2.69. The van der Waals surface area contributed by atoms with Crippen molar-refractivity contribution >= 4 is 11.9 Å². The highest BCUT2D eigenvalue weighted by Gasteiger charge is 2.16. The largest absolute Gasteiger partial charge is 0.489 e. The van der Waals surface area contributed by atoms with E-state index in [1.165, 1.54) is 18.4 Å². The second-order valence-electron chi connectivity index (χ2n) is 9.98. The smallest absolute Gasteiger partial charge is 0.305 e. The Labute approximate surface area is 233 Å². The molecule has 0 aliphatic carbocycles. The third-order valence-electron chi connectivity index (χ3n) is 6.73. The van der Waals surface area contributed by atoms with Crippen molar-refractivity contribution in [1.82, 2.24) is 5.32 Å². The number of nitrogens with one attached hydrogen (secondary N) is 1. The van der Waals surface area contributed by atoms with Gasteiger partial charge in [-0.3, -0.25) is 9.59 Å². The molecule has 0 radical (unpaired) electrons. The number of carbonyl (C=O) groups excluding carboxylic acids is 2. The summed E-state index contributed by atoms with van der Waals surface area (Å²) in [5, 5.41) is 3.17. The van der Waals surface area contributed by atoms with Crippen LogP contribution in [0.25, 0.3) is 0 Å².